The Labute approximate surface area is 172 Å². The second-order valence-corrected chi connectivity index (χ2v) is 7.62. The molecule has 1 N–H and O–H groups in total. The molecule has 0 spiro atoms. The Morgan fingerprint density at radius 2 is 2.07 bits per heavy atom. The van der Waals surface area contributed by atoms with E-state index in [9.17, 15) is 10.1 Å². The van der Waals surface area contributed by atoms with E-state index in [1.54, 1.807) is 23.7 Å². The van der Waals surface area contributed by atoms with E-state index in [1.165, 1.54) is 11.3 Å². The van der Waals surface area contributed by atoms with Crippen LogP contribution in [0.5, 0.6) is 0 Å². The Balaban J connectivity index is 1.66. The summed E-state index contributed by atoms with van der Waals surface area (Å²) in [6.45, 7) is 0. The second-order valence-electron chi connectivity index (χ2n) is 5.85. The molecule has 7 heteroatoms. The van der Waals surface area contributed by atoms with Crippen molar-refractivity contribution in [1.29, 1.82) is 5.26 Å². The third-order valence-corrected chi connectivity index (χ3v) is 5.35. The minimum absolute atomic E-state index is 0.374. The first kappa shape index (κ1) is 18.2. The molecule has 0 fully saturated rings. The van der Waals surface area contributed by atoms with Crippen LogP contribution in [0.3, 0.4) is 0 Å². The molecule has 2 heterocycles. The number of nitrogens with one attached hydrogen (secondary N) is 1. The highest BCUT2D eigenvalue weighted by Crippen LogP contribution is 2.26. The van der Waals surface area contributed by atoms with Crippen LogP contribution in [-0.2, 0) is 0 Å². The normalized spacial score (nSPS) is 11.4. The molecule has 2 aromatic carbocycles. The van der Waals surface area contributed by atoms with Gasteiger partial charge in [0.25, 0.3) is 0 Å². The number of rotatable bonds is 4. The van der Waals surface area contributed by atoms with Crippen molar-refractivity contribution in [2.45, 2.75) is 0 Å². The van der Waals surface area contributed by atoms with E-state index < -0.39 is 5.63 Å². The van der Waals surface area contributed by atoms with Gasteiger partial charge in [0.15, 0.2) is 0 Å². The average molecular weight is 450 g/mol. The number of fused-ring (bicyclic) bond motifs is 1. The minimum atomic E-state index is -0.453. The number of hydrogen-bond donors (Lipinski definition) is 1. The van der Waals surface area contributed by atoms with Crippen LogP contribution in [0.25, 0.3) is 27.8 Å². The maximum atomic E-state index is 12.3. The van der Waals surface area contributed by atoms with Gasteiger partial charge in [-0.05, 0) is 30.3 Å². The Kier molecular flexibility index (Phi) is 5.06. The molecule has 4 aromatic rings. The molecule has 0 unspecified atom stereocenters. The van der Waals surface area contributed by atoms with Crippen LogP contribution in [0.15, 0.2) is 79.9 Å². The lowest BCUT2D eigenvalue weighted by Gasteiger charge is -2.02. The topological polar surface area (TPSA) is 78.9 Å². The fourth-order valence-electron chi connectivity index (χ4n) is 2.64. The maximum Gasteiger partial charge on any atom is 0.345 e. The smallest absolute Gasteiger partial charge is 0.345 e. The van der Waals surface area contributed by atoms with Crippen LogP contribution in [0.1, 0.15) is 5.01 Å². The molecule has 136 valence electrons. The highest BCUT2D eigenvalue weighted by molar-refractivity contribution is 9.10. The average Bonchev–Trinajstić information content (AvgIpc) is 3.18. The molecule has 0 radical (unpaired) electrons. The van der Waals surface area contributed by atoms with Gasteiger partial charge in [-0.2, -0.15) is 5.26 Å². The molecule has 0 aliphatic rings. The number of thiazole rings is 1. The predicted octanol–water partition coefficient (Wildman–Crippen LogP) is 5.66. The molecule has 0 saturated heterocycles. The molecule has 0 bridgehead atoms. The number of halogens is 1. The molecule has 28 heavy (non-hydrogen) atoms. The number of anilines is 1. The summed E-state index contributed by atoms with van der Waals surface area (Å²) in [5.41, 5.74) is 2.16. The summed E-state index contributed by atoms with van der Waals surface area (Å²) >= 11 is 4.71. The van der Waals surface area contributed by atoms with Crippen LogP contribution < -0.4 is 10.9 Å². The van der Waals surface area contributed by atoms with Crippen molar-refractivity contribution in [3.05, 3.63) is 86.1 Å². The Morgan fingerprint density at radius 3 is 2.89 bits per heavy atom. The van der Waals surface area contributed by atoms with Crippen molar-refractivity contribution in [3.8, 4) is 17.3 Å². The van der Waals surface area contributed by atoms with Gasteiger partial charge in [-0.3, -0.25) is 0 Å². The van der Waals surface area contributed by atoms with E-state index >= 15 is 0 Å². The van der Waals surface area contributed by atoms with Crippen LogP contribution in [0.2, 0.25) is 0 Å². The lowest BCUT2D eigenvalue weighted by molar-refractivity contribution is 0.563. The van der Waals surface area contributed by atoms with E-state index in [2.05, 4.69) is 32.3 Å². The number of benzene rings is 2. The number of aromatic nitrogens is 1. The molecular weight excluding hydrogens is 438 g/mol. The first-order valence-electron chi connectivity index (χ1n) is 8.25. The van der Waals surface area contributed by atoms with Gasteiger partial charge in [-0.1, -0.05) is 40.2 Å². The van der Waals surface area contributed by atoms with Gasteiger partial charge in [0.05, 0.1) is 11.3 Å². The standard InChI is InChI=1S/C21H12BrN3O2S/c22-15-5-3-6-16(9-15)24-11-14(10-23)20-25-18(12-28-20)17-8-13-4-1-2-7-19(13)27-21(17)26/h1-9,11-12,24H. The lowest BCUT2D eigenvalue weighted by Crippen LogP contribution is -2.02. The van der Waals surface area contributed by atoms with Crippen molar-refractivity contribution < 1.29 is 4.42 Å². The summed E-state index contributed by atoms with van der Waals surface area (Å²) < 4.78 is 6.31. The van der Waals surface area contributed by atoms with E-state index in [1.807, 2.05) is 42.5 Å². The number of nitrogens with zero attached hydrogens (tertiary/aromatic N) is 2. The van der Waals surface area contributed by atoms with E-state index in [4.69, 9.17) is 4.42 Å². The summed E-state index contributed by atoms with van der Waals surface area (Å²) in [4.78, 5) is 16.8. The summed E-state index contributed by atoms with van der Waals surface area (Å²) in [5.74, 6) is 0. The van der Waals surface area contributed by atoms with Crippen molar-refractivity contribution >= 4 is 49.5 Å². The molecule has 0 aliphatic carbocycles. The predicted molar refractivity (Wildman–Crippen MR) is 115 cm³/mol. The van der Waals surface area contributed by atoms with Crippen molar-refractivity contribution in [3.63, 3.8) is 0 Å². The van der Waals surface area contributed by atoms with E-state index in [0.29, 0.717) is 27.4 Å². The lowest BCUT2D eigenvalue weighted by atomic mass is 10.1. The number of nitriles is 1. The van der Waals surface area contributed by atoms with Crippen molar-refractivity contribution in [1.82, 2.24) is 4.98 Å². The Morgan fingerprint density at radius 1 is 1.21 bits per heavy atom. The van der Waals surface area contributed by atoms with Gasteiger partial charge in [0.2, 0.25) is 0 Å². The van der Waals surface area contributed by atoms with Crippen LogP contribution >= 0.6 is 27.3 Å². The van der Waals surface area contributed by atoms with Crippen LogP contribution in [-0.4, -0.2) is 4.98 Å². The summed E-state index contributed by atoms with van der Waals surface area (Å²) in [5, 5.41) is 15.7. The molecule has 5 nitrogen and oxygen atoms in total. The molecule has 4 rings (SSSR count). The molecule has 0 amide bonds. The maximum absolute atomic E-state index is 12.3. The Hall–Kier alpha value is -3.21. The first-order valence-corrected chi connectivity index (χ1v) is 9.93. The zero-order valence-corrected chi connectivity index (χ0v) is 16.8. The minimum Gasteiger partial charge on any atom is -0.422 e. The third kappa shape index (κ3) is 3.74. The van der Waals surface area contributed by atoms with Gasteiger partial charge in [0, 0.05) is 27.1 Å². The fraction of sp³-hybridized carbons (Fsp3) is 0. The van der Waals surface area contributed by atoms with E-state index in [-0.39, 0.29) is 0 Å². The Bertz CT molecular complexity index is 1300. The van der Waals surface area contributed by atoms with Gasteiger partial charge in [0.1, 0.15) is 22.2 Å². The third-order valence-electron chi connectivity index (χ3n) is 3.98. The zero-order chi connectivity index (χ0) is 19.5. The number of hydrogen-bond acceptors (Lipinski definition) is 6. The summed E-state index contributed by atoms with van der Waals surface area (Å²) in [6, 6.07) is 18.8. The number of allylic oxidation sites excluding steroid dienone is 1. The van der Waals surface area contributed by atoms with Crippen LogP contribution in [0.4, 0.5) is 5.69 Å². The fourth-order valence-corrected chi connectivity index (χ4v) is 3.82. The monoisotopic (exact) mass is 449 g/mol. The van der Waals surface area contributed by atoms with Crippen molar-refractivity contribution in [2.24, 2.45) is 0 Å². The SMILES string of the molecule is N#CC(=CNc1cccc(Br)c1)c1nc(-c2cc3ccccc3oc2=O)cs1. The highest BCUT2D eigenvalue weighted by Gasteiger charge is 2.13. The summed E-state index contributed by atoms with van der Waals surface area (Å²) in [6.07, 6.45) is 1.60. The molecule has 2 aromatic heterocycles. The van der Waals surface area contributed by atoms with Gasteiger partial charge in [-0.15, -0.1) is 11.3 Å². The van der Waals surface area contributed by atoms with Crippen molar-refractivity contribution in [2.75, 3.05) is 5.32 Å². The summed E-state index contributed by atoms with van der Waals surface area (Å²) in [7, 11) is 0. The molecule has 0 atom stereocenters. The molecule has 0 aliphatic heterocycles. The first-order chi connectivity index (χ1) is 13.6. The van der Waals surface area contributed by atoms with E-state index in [0.717, 1.165) is 15.5 Å². The zero-order valence-electron chi connectivity index (χ0n) is 14.3. The largest absolute Gasteiger partial charge is 0.422 e. The quantitative estimate of drug-likeness (QED) is 0.321. The van der Waals surface area contributed by atoms with Gasteiger partial charge < -0.3 is 9.73 Å². The second kappa shape index (κ2) is 7.80. The van der Waals surface area contributed by atoms with Crippen LogP contribution in [0, 0.1) is 11.3 Å². The molecular formula is C21H12BrN3O2S. The van der Waals surface area contributed by atoms with Gasteiger partial charge >= 0.3 is 5.63 Å². The highest BCUT2D eigenvalue weighted by atomic mass is 79.9. The number of para-hydroxylation sites is 1. The van der Waals surface area contributed by atoms with Gasteiger partial charge in [-0.25, -0.2) is 9.78 Å². The molecule has 0 saturated carbocycles.